The molecule has 92 valence electrons. The van der Waals surface area contributed by atoms with Crippen molar-refractivity contribution in [3.8, 4) is 0 Å². The number of nitrogens with one attached hydrogen (secondary N) is 1. The lowest BCUT2D eigenvalue weighted by Gasteiger charge is -2.11. The average molecular weight is 234 g/mol. The van der Waals surface area contributed by atoms with Gasteiger partial charge in [-0.05, 0) is 30.7 Å². The van der Waals surface area contributed by atoms with Gasteiger partial charge >= 0.3 is 0 Å². The molecule has 1 aromatic carbocycles. The van der Waals surface area contributed by atoms with Crippen LogP contribution in [0, 0.1) is 5.92 Å². The molecule has 3 N–H and O–H groups in total. The Morgan fingerprint density at radius 1 is 1.29 bits per heavy atom. The summed E-state index contributed by atoms with van der Waals surface area (Å²) >= 11 is 0. The predicted molar refractivity (Wildman–Crippen MR) is 67.7 cm³/mol. The van der Waals surface area contributed by atoms with Crippen LogP contribution in [0.2, 0.25) is 0 Å². The van der Waals surface area contributed by atoms with Gasteiger partial charge in [0.15, 0.2) is 0 Å². The molecular weight excluding hydrogens is 216 g/mol. The Bertz CT molecular complexity index is 398. The number of hydrogen-bond donors (Lipinski definition) is 2. The number of anilines is 1. The molecule has 1 atom stereocenters. The van der Waals surface area contributed by atoms with Gasteiger partial charge in [-0.25, -0.2) is 0 Å². The summed E-state index contributed by atoms with van der Waals surface area (Å²) in [5.41, 5.74) is 6.24. The van der Waals surface area contributed by atoms with Gasteiger partial charge in [-0.3, -0.25) is 9.59 Å². The normalized spacial score (nSPS) is 11.9. The minimum Gasteiger partial charge on any atom is -0.366 e. The van der Waals surface area contributed by atoms with Crippen molar-refractivity contribution < 1.29 is 9.59 Å². The van der Waals surface area contributed by atoms with Crippen LogP contribution in [0.1, 0.15) is 37.0 Å². The molecule has 1 aromatic rings. The first kappa shape index (κ1) is 13.2. The van der Waals surface area contributed by atoms with Gasteiger partial charge in [-0.15, -0.1) is 0 Å². The first-order valence-corrected chi connectivity index (χ1v) is 5.75. The largest absolute Gasteiger partial charge is 0.366 e. The van der Waals surface area contributed by atoms with E-state index in [9.17, 15) is 9.59 Å². The molecule has 0 saturated heterocycles. The van der Waals surface area contributed by atoms with Crippen LogP contribution in [-0.2, 0) is 4.79 Å². The van der Waals surface area contributed by atoms with E-state index in [1.54, 1.807) is 24.3 Å². The maximum Gasteiger partial charge on any atom is 0.248 e. The second-order valence-corrected chi connectivity index (χ2v) is 4.12. The monoisotopic (exact) mass is 234 g/mol. The number of rotatable bonds is 5. The minimum absolute atomic E-state index is 0.00123. The summed E-state index contributed by atoms with van der Waals surface area (Å²) in [4.78, 5) is 22.6. The maximum atomic E-state index is 11.7. The summed E-state index contributed by atoms with van der Waals surface area (Å²) in [5, 5.41) is 2.80. The third kappa shape index (κ3) is 3.90. The lowest BCUT2D eigenvalue weighted by Crippen LogP contribution is -2.20. The molecule has 0 aromatic heterocycles. The SMILES string of the molecule is CCC[C@H](C)C(=O)Nc1ccc(C(N)=O)cc1. The molecule has 0 aliphatic carbocycles. The molecular formula is C13H18N2O2. The third-order valence-corrected chi connectivity index (χ3v) is 2.61. The molecule has 0 radical (unpaired) electrons. The average Bonchev–Trinajstić information content (AvgIpc) is 2.30. The lowest BCUT2D eigenvalue weighted by molar-refractivity contribution is -0.119. The quantitative estimate of drug-likeness (QED) is 0.819. The molecule has 2 amide bonds. The first-order chi connectivity index (χ1) is 8.04. The fraction of sp³-hybridized carbons (Fsp3) is 0.385. The molecule has 0 heterocycles. The van der Waals surface area contributed by atoms with Crippen molar-refractivity contribution in [2.75, 3.05) is 5.32 Å². The number of carbonyl (C=O) groups is 2. The Balaban J connectivity index is 2.63. The van der Waals surface area contributed by atoms with E-state index in [1.165, 1.54) is 0 Å². The molecule has 4 nitrogen and oxygen atoms in total. The van der Waals surface area contributed by atoms with Gasteiger partial charge in [0.1, 0.15) is 0 Å². The topological polar surface area (TPSA) is 72.2 Å². The molecule has 1 rings (SSSR count). The number of benzene rings is 1. The van der Waals surface area contributed by atoms with E-state index in [-0.39, 0.29) is 11.8 Å². The Hall–Kier alpha value is -1.84. The highest BCUT2D eigenvalue weighted by atomic mass is 16.2. The smallest absolute Gasteiger partial charge is 0.248 e. The predicted octanol–water partition coefficient (Wildman–Crippen LogP) is 2.16. The summed E-state index contributed by atoms with van der Waals surface area (Å²) in [6, 6.07) is 6.55. The van der Waals surface area contributed by atoms with Crippen molar-refractivity contribution in [2.45, 2.75) is 26.7 Å². The fourth-order valence-corrected chi connectivity index (χ4v) is 1.55. The minimum atomic E-state index is -0.470. The Morgan fingerprint density at radius 3 is 2.35 bits per heavy atom. The molecule has 0 unspecified atom stereocenters. The lowest BCUT2D eigenvalue weighted by atomic mass is 10.1. The Labute approximate surface area is 101 Å². The zero-order chi connectivity index (χ0) is 12.8. The van der Waals surface area contributed by atoms with Crippen molar-refractivity contribution in [3.05, 3.63) is 29.8 Å². The van der Waals surface area contributed by atoms with Crippen LogP contribution in [0.25, 0.3) is 0 Å². The van der Waals surface area contributed by atoms with Crippen LogP contribution < -0.4 is 11.1 Å². The molecule has 0 fully saturated rings. The van der Waals surface area contributed by atoms with Gasteiger partial charge in [0.05, 0.1) is 0 Å². The molecule has 0 saturated carbocycles. The van der Waals surface area contributed by atoms with E-state index >= 15 is 0 Å². The van der Waals surface area contributed by atoms with Crippen LogP contribution in [0.3, 0.4) is 0 Å². The van der Waals surface area contributed by atoms with E-state index in [2.05, 4.69) is 5.32 Å². The van der Waals surface area contributed by atoms with Gasteiger partial charge in [0.2, 0.25) is 11.8 Å². The van der Waals surface area contributed by atoms with Crippen LogP contribution in [0.4, 0.5) is 5.69 Å². The number of carbonyl (C=O) groups excluding carboxylic acids is 2. The molecule has 4 heteroatoms. The highest BCUT2D eigenvalue weighted by Crippen LogP contribution is 2.12. The summed E-state index contributed by atoms with van der Waals surface area (Å²) in [6.45, 7) is 3.95. The van der Waals surface area contributed by atoms with Crippen LogP contribution in [0.5, 0.6) is 0 Å². The van der Waals surface area contributed by atoms with Crippen LogP contribution in [0.15, 0.2) is 24.3 Å². The maximum absolute atomic E-state index is 11.7. The standard InChI is InChI=1S/C13H18N2O2/c1-3-4-9(2)13(17)15-11-7-5-10(6-8-11)12(14)16/h5-9H,3-4H2,1-2H3,(H2,14,16)(H,15,17)/t9-/m0/s1. The Morgan fingerprint density at radius 2 is 1.88 bits per heavy atom. The summed E-state index contributed by atoms with van der Waals surface area (Å²) in [5.74, 6) is -0.475. The second-order valence-electron chi connectivity index (χ2n) is 4.12. The number of amides is 2. The second kappa shape index (κ2) is 6.03. The van der Waals surface area contributed by atoms with Gasteiger partial charge in [0, 0.05) is 17.2 Å². The number of hydrogen-bond acceptors (Lipinski definition) is 2. The Kier molecular flexibility index (Phi) is 4.69. The van der Waals surface area contributed by atoms with Crippen LogP contribution >= 0.6 is 0 Å². The molecule has 0 spiro atoms. The van der Waals surface area contributed by atoms with Crippen molar-refractivity contribution in [1.82, 2.24) is 0 Å². The summed E-state index contributed by atoms with van der Waals surface area (Å²) in [6.07, 6.45) is 1.85. The molecule has 17 heavy (non-hydrogen) atoms. The number of nitrogens with two attached hydrogens (primary N) is 1. The van der Waals surface area contributed by atoms with E-state index in [1.807, 2.05) is 13.8 Å². The zero-order valence-electron chi connectivity index (χ0n) is 10.2. The van der Waals surface area contributed by atoms with Gasteiger partial charge < -0.3 is 11.1 Å². The highest BCUT2D eigenvalue weighted by Gasteiger charge is 2.11. The van der Waals surface area contributed by atoms with Crippen LogP contribution in [-0.4, -0.2) is 11.8 Å². The van der Waals surface area contributed by atoms with E-state index in [4.69, 9.17) is 5.73 Å². The molecule has 0 aliphatic rings. The van der Waals surface area contributed by atoms with E-state index < -0.39 is 5.91 Å². The first-order valence-electron chi connectivity index (χ1n) is 5.75. The van der Waals surface area contributed by atoms with Gasteiger partial charge in [-0.2, -0.15) is 0 Å². The summed E-state index contributed by atoms with van der Waals surface area (Å²) in [7, 11) is 0. The zero-order valence-corrected chi connectivity index (χ0v) is 10.2. The fourth-order valence-electron chi connectivity index (χ4n) is 1.55. The van der Waals surface area contributed by atoms with E-state index in [0.29, 0.717) is 11.3 Å². The van der Waals surface area contributed by atoms with Crippen molar-refractivity contribution in [1.29, 1.82) is 0 Å². The molecule has 0 bridgehead atoms. The highest BCUT2D eigenvalue weighted by molar-refractivity contribution is 5.95. The van der Waals surface area contributed by atoms with Crippen molar-refractivity contribution in [2.24, 2.45) is 11.7 Å². The van der Waals surface area contributed by atoms with Gasteiger partial charge in [-0.1, -0.05) is 20.3 Å². The molecule has 0 aliphatic heterocycles. The van der Waals surface area contributed by atoms with Gasteiger partial charge in [0.25, 0.3) is 0 Å². The van der Waals surface area contributed by atoms with Crippen molar-refractivity contribution in [3.63, 3.8) is 0 Å². The van der Waals surface area contributed by atoms with Crippen molar-refractivity contribution >= 4 is 17.5 Å². The van der Waals surface area contributed by atoms with E-state index in [0.717, 1.165) is 12.8 Å². The number of primary amides is 1. The summed E-state index contributed by atoms with van der Waals surface area (Å²) < 4.78 is 0. The third-order valence-electron chi connectivity index (χ3n) is 2.61.